The number of anilines is 2. The van der Waals surface area contributed by atoms with E-state index in [1.54, 1.807) is 5.32 Å². The Morgan fingerprint density at radius 1 is 1.18 bits per heavy atom. The lowest BCUT2D eigenvalue weighted by molar-refractivity contribution is -0.177. The number of fused-ring (bicyclic) bond motifs is 1. The molecule has 0 saturated heterocycles. The number of carbonyl (C=O) groups is 2. The predicted octanol–water partition coefficient (Wildman–Crippen LogP) is 2.94. The number of halogens is 4. The largest absolute Gasteiger partial charge is 0.484 e. The van der Waals surface area contributed by atoms with Crippen LogP contribution in [-0.4, -0.2) is 50.4 Å². The van der Waals surface area contributed by atoms with Gasteiger partial charge in [0, 0.05) is 12.6 Å². The van der Waals surface area contributed by atoms with E-state index in [0.29, 0.717) is 4.31 Å². The van der Waals surface area contributed by atoms with Gasteiger partial charge in [-0.1, -0.05) is 0 Å². The molecular formula is C19H17F4N3O6S. The Balaban J connectivity index is 2.13. The Bertz CT molecular complexity index is 1170. The van der Waals surface area contributed by atoms with Gasteiger partial charge in [0.15, 0.2) is 6.04 Å². The van der Waals surface area contributed by atoms with Crippen LogP contribution < -0.4 is 19.7 Å². The molecule has 0 radical (unpaired) electrons. The molecule has 0 aromatic heterocycles. The second-order valence-electron chi connectivity index (χ2n) is 6.98. The molecule has 33 heavy (non-hydrogen) atoms. The van der Waals surface area contributed by atoms with E-state index in [2.05, 4.69) is 0 Å². The number of nitrogens with one attached hydrogen (secondary N) is 2. The van der Waals surface area contributed by atoms with E-state index in [9.17, 15) is 35.6 Å². The van der Waals surface area contributed by atoms with Gasteiger partial charge < -0.3 is 15.2 Å². The molecular weight excluding hydrogens is 474 g/mol. The third kappa shape index (κ3) is 5.27. The highest BCUT2D eigenvalue weighted by Gasteiger charge is 2.50. The minimum atomic E-state index is -4.98. The Hall–Kier alpha value is -3.55. The third-order valence-corrected chi connectivity index (χ3v) is 6.38. The first-order valence-electron chi connectivity index (χ1n) is 9.22. The summed E-state index contributed by atoms with van der Waals surface area (Å²) < 4.78 is 86.8. The van der Waals surface area contributed by atoms with Gasteiger partial charge in [-0.2, -0.15) is 13.2 Å². The lowest BCUT2D eigenvalue weighted by Gasteiger charge is -2.39. The maximum Gasteiger partial charge on any atom is 0.412 e. The van der Waals surface area contributed by atoms with E-state index >= 15 is 0 Å². The molecule has 0 aliphatic carbocycles. The number of ether oxygens (including phenoxy) is 1. The predicted molar refractivity (Wildman–Crippen MR) is 107 cm³/mol. The smallest absolute Gasteiger partial charge is 0.412 e. The van der Waals surface area contributed by atoms with E-state index in [4.69, 9.17) is 9.84 Å². The number of nitrogens with zero attached hydrogens (tertiary/aromatic N) is 1. The van der Waals surface area contributed by atoms with E-state index < -0.39 is 57.6 Å². The minimum Gasteiger partial charge on any atom is -0.484 e. The standard InChI is InChI=1S/C19H17F4N3O6S/c1-10(27)24-17(19(21,22)23)16-9-26(33(30,31)13-5-2-11(20)3-6-13)14-8-12(25-18(28)29)4-7-15(14)32-16/h2-8,16-17,25H,9H2,1H3,(H,24,27)(H,28,29)/t16-,17+/m0/s1. The van der Waals surface area contributed by atoms with Gasteiger partial charge in [0.05, 0.1) is 17.1 Å². The Labute approximate surface area is 185 Å². The maximum absolute atomic E-state index is 13.7. The van der Waals surface area contributed by atoms with Crippen molar-refractivity contribution in [3.05, 3.63) is 48.3 Å². The minimum absolute atomic E-state index is 0.0724. The summed E-state index contributed by atoms with van der Waals surface area (Å²) in [5.41, 5.74) is -0.317. The second-order valence-corrected chi connectivity index (χ2v) is 8.84. The zero-order valence-corrected chi connectivity index (χ0v) is 17.6. The molecule has 0 saturated carbocycles. The van der Waals surface area contributed by atoms with Crippen LogP contribution in [0.5, 0.6) is 5.75 Å². The van der Waals surface area contributed by atoms with Crippen LogP contribution in [-0.2, 0) is 14.8 Å². The molecule has 2 aromatic rings. The van der Waals surface area contributed by atoms with Crippen molar-refractivity contribution in [2.75, 3.05) is 16.2 Å². The fourth-order valence-electron chi connectivity index (χ4n) is 3.21. The van der Waals surface area contributed by atoms with Crippen molar-refractivity contribution < 1.29 is 45.4 Å². The van der Waals surface area contributed by atoms with E-state index in [0.717, 1.165) is 43.3 Å². The molecule has 1 aliphatic rings. The first-order valence-corrected chi connectivity index (χ1v) is 10.7. The maximum atomic E-state index is 13.7. The summed E-state index contributed by atoms with van der Waals surface area (Å²) in [5.74, 6) is -2.04. The highest BCUT2D eigenvalue weighted by Crippen LogP contribution is 2.41. The van der Waals surface area contributed by atoms with Crippen LogP contribution in [0.4, 0.5) is 33.7 Å². The first kappa shape index (κ1) is 24.1. The summed E-state index contributed by atoms with van der Waals surface area (Å²) in [7, 11) is -4.55. The molecule has 3 rings (SSSR count). The fourth-order valence-corrected chi connectivity index (χ4v) is 4.69. The molecule has 1 heterocycles. The number of carbonyl (C=O) groups excluding carboxylic acids is 1. The van der Waals surface area contributed by atoms with Gasteiger partial charge in [-0.15, -0.1) is 0 Å². The highest BCUT2D eigenvalue weighted by atomic mass is 32.2. The third-order valence-electron chi connectivity index (χ3n) is 4.59. The van der Waals surface area contributed by atoms with Gasteiger partial charge in [-0.25, -0.2) is 17.6 Å². The topological polar surface area (TPSA) is 125 Å². The number of carboxylic acid groups (broad SMARTS) is 1. The zero-order valence-electron chi connectivity index (χ0n) is 16.8. The van der Waals surface area contributed by atoms with Crippen molar-refractivity contribution in [3.8, 4) is 5.75 Å². The van der Waals surface area contributed by atoms with Crippen molar-refractivity contribution in [3.63, 3.8) is 0 Å². The van der Waals surface area contributed by atoms with E-state index in [1.165, 1.54) is 6.07 Å². The van der Waals surface area contributed by atoms with Crippen molar-refractivity contribution in [1.29, 1.82) is 0 Å². The number of alkyl halides is 3. The SMILES string of the molecule is CC(=O)N[C@H]([C@@H]1CN(S(=O)(=O)c2ccc(F)cc2)c2cc(NC(=O)O)ccc2O1)C(F)(F)F. The van der Waals surface area contributed by atoms with Crippen LogP contribution in [0.1, 0.15) is 6.92 Å². The van der Waals surface area contributed by atoms with Crippen LogP contribution in [0.2, 0.25) is 0 Å². The number of amides is 2. The number of sulfonamides is 1. The quantitative estimate of drug-likeness (QED) is 0.553. The summed E-state index contributed by atoms with van der Waals surface area (Å²) in [5, 5.41) is 12.7. The van der Waals surface area contributed by atoms with Gasteiger partial charge in [-0.3, -0.25) is 14.4 Å². The first-order chi connectivity index (χ1) is 15.3. The highest BCUT2D eigenvalue weighted by molar-refractivity contribution is 7.92. The van der Waals surface area contributed by atoms with E-state index in [-0.39, 0.29) is 17.1 Å². The number of hydrogen-bond acceptors (Lipinski definition) is 5. The monoisotopic (exact) mass is 491 g/mol. The van der Waals surface area contributed by atoms with Crippen molar-refractivity contribution in [1.82, 2.24) is 5.32 Å². The fraction of sp³-hybridized carbons (Fsp3) is 0.263. The normalized spacial score (nSPS) is 16.9. The van der Waals surface area contributed by atoms with Crippen molar-refractivity contribution in [2.24, 2.45) is 0 Å². The summed E-state index contributed by atoms with van der Waals surface area (Å²) in [4.78, 5) is 21.9. The summed E-state index contributed by atoms with van der Waals surface area (Å²) in [6.45, 7) is -0.0138. The van der Waals surface area contributed by atoms with Crippen molar-refractivity contribution >= 4 is 33.4 Å². The van der Waals surface area contributed by atoms with Crippen LogP contribution in [0.3, 0.4) is 0 Å². The molecule has 3 N–H and O–H groups in total. The summed E-state index contributed by atoms with van der Waals surface area (Å²) in [6, 6.07) is 4.38. The molecule has 2 amide bonds. The molecule has 1 aliphatic heterocycles. The molecule has 0 fully saturated rings. The van der Waals surface area contributed by atoms with Gasteiger partial charge >= 0.3 is 12.3 Å². The molecule has 2 atom stereocenters. The Morgan fingerprint density at radius 3 is 2.36 bits per heavy atom. The van der Waals surface area contributed by atoms with Gasteiger partial charge in [0.2, 0.25) is 5.91 Å². The molecule has 0 unspecified atom stereocenters. The van der Waals surface area contributed by atoms with Gasteiger partial charge in [-0.05, 0) is 42.5 Å². The number of hydrogen-bond donors (Lipinski definition) is 3. The van der Waals surface area contributed by atoms with Crippen molar-refractivity contribution in [2.45, 2.75) is 30.1 Å². The molecule has 0 spiro atoms. The second kappa shape index (κ2) is 8.77. The lowest BCUT2D eigenvalue weighted by atomic mass is 10.1. The van der Waals surface area contributed by atoms with Crippen LogP contribution in [0, 0.1) is 5.82 Å². The molecule has 0 bridgehead atoms. The Kier molecular flexibility index (Phi) is 6.40. The van der Waals surface area contributed by atoms with Crippen LogP contribution >= 0.6 is 0 Å². The number of rotatable bonds is 5. The molecule has 9 nitrogen and oxygen atoms in total. The van der Waals surface area contributed by atoms with Gasteiger partial charge in [0.1, 0.15) is 17.7 Å². The summed E-state index contributed by atoms with van der Waals surface area (Å²) in [6.07, 6.45) is -8.32. The van der Waals surface area contributed by atoms with E-state index in [1.807, 2.05) is 5.32 Å². The summed E-state index contributed by atoms with van der Waals surface area (Å²) >= 11 is 0. The molecule has 2 aromatic carbocycles. The molecule has 14 heteroatoms. The average molecular weight is 491 g/mol. The van der Waals surface area contributed by atoms with Crippen LogP contribution in [0.15, 0.2) is 47.4 Å². The zero-order chi connectivity index (χ0) is 24.6. The number of benzene rings is 2. The molecule has 178 valence electrons. The van der Waals surface area contributed by atoms with Gasteiger partial charge in [0.25, 0.3) is 10.0 Å². The average Bonchev–Trinajstić information content (AvgIpc) is 2.70. The van der Waals surface area contributed by atoms with Crippen LogP contribution in [0.25, 0.3) is 0 Å². The Morgan fingerprint density at radius 2 is 1.82 bits per heavy atom. The lowest BCUT2D eigenvalue weighted by Crippen LogP contribution is -2.59.